The third kappa shape index (κ3) is 3.06. The first-order valence-corrected chi connectivity index (χ1v) is 7.57. The van der Waals surface area contributed by atoms with Crippen molar-refractivity contribution < 1.29 is 14.3 Å². The van der Waals surface area contributed by atoms with Crippen LogP contribution in [0.3, 0.4) is 0 Å². The van der Waals surface area contributed by atoms with E-state index in [9.17, 15) is 4.79 Å². The highest BCUT2D eigenvalue weighted by atomic mass is 32.1. The van der Waals surface area contributed by atoms with E-state index in [4.69, 9.17) is 9.47 Å². The van der Waals surface area contributed by atoms with Crippen LogP contribution in [0.4, 0.5) is 0 Å². The Morgan fingerprint density at radius 3 is 3.00 bits per heavy atom. The lowest BCUT2D eigenvalue weighted by Gasteiger charge is -2.05. The number of nitrogens with zero attached hydrogens (tertiary/aromatic N) is 1. The maximum atomic E-state index is 12.0. The lowest BCUT2D eigenvalue weighted by atomic mass is 10.2. The Bertz CT molecular complexity index is 667. The Hall–Kier alpha value is -1.92. The van der Waals surface area contributed by atoms with Gasteiger partial charge in [0.25, 0.3) is 0 Å². The van der Waals surface area contributed by atoms with Crippen molar-refractivity contribution in [3.05, 3.63) is 29.3 Å². The van der Waals surface area contributed by atoms with E-state index < -0.39 is 0 Å². The lowest BCUT2D eigenvalue weighted by molar-refractivity contribution is 0.0992. The summed E-state index contributed by atoms with van der Waals surface area (Å²) in [5.41, 5.74) is 0.931. The molecule has 0 saturated heterocycles. The zero-order valence-corrected chi connectivity index (χ0v) is 12.7. The normalized spacial score (nSPS) is 12.9. The molecule has 0 bridgehead atoms. The predicted octanol–water partition coefficient (Wildman–Crippen LogP) is 2.72. The van der Waals surface area contributed by atoms with Gasteiger partial charge in [-0.25, -0.2) is 4.98 Å². The van der Waals surface area contributed by atoms with Gasteiger partial charge in [-0.2, -0.15) is 0 Å². The Kier molecular flexibility index (Phi) is 3.90. The van der Waals surface area contributed by atoms with Crippen LogP contribution in [0.1, 0.15) is 23.5 Å². The van der Waals surface area contributed by atoms with E-state index in [0.29, 0.717) is 11.4 Å². The van der Waals surface area contributed by atoms with Crippen LogP contribution in [0, 0.1) is 0 Å². The van der Waals surface area contributed by atoms with Crippen molar-refractivity contribution in [1.29, 1.82) is 0 Å². The molecule has 1 aliphatic heterocycles. The molecule has 0 atom stereocenters. The van der Waals surface area contributed by atoms with Gasteiger partial charge in [0.2, 0.25) is 6.79 Å². The van der Waals surface area contributed by atoms with E-state index in [1.165, 1.54) is 11.3 Å². The molecule has 110 valence electrons. The molecule has 1 aromatic carbocycles. The molecule has 1 aromatic heterocycles. The van der Waals surface area contributed by atoms with E-state index in [2.05, 4.69) is 10.3 Å². The molecule has 2 heterocycles. The number of carbonyl (C=O) groups is 1. The van der Waals surface area contributed by atoms with Crippen LogP contribution in [0.5, 0.6) is 11.5 Å². The van der Waals surface area contributed by atoms with Crippen LogP contribution >= 0.6 is 11.3 Å². The van der Waals surface area contributed by atoms with Gasteiger partial charge in [-0.3, -0.25) is 4.79 Å². The summed E-state index contributed by atoms with van der Waals surface area (Å²) < 4.78 is 10.6. The summed E-state index contributed by atoms with van der Waals surface area (Å²) in [6, 6.07) is 5.96. The van der Waals surface area contributed by atoms with E-state index in [0.717, 1.165) is 22.1 Å². The number of benzene rings is 1. The van der Waals surface area contributed by atoms with Crippen molar-refractivity contribution in [1.82, 2.24) is 10.3 Å². The molecule has 3 rings (SSSR count). The smallest absolute Gasteiger partial charge is 0.231 e. The topological polar surface area (TPSA) is 60.5 Å². The van der Waals surface area contributed by atoms with Gasteiger partial charge in [-0.15, -0.1) is 11.3 Å². The number of hydrogen-bond acceptors (Lipinski definition) is 6. The van der Waals surface area contributed by atoms with E-state index in [1.807, 2.05) is 32.0 Å². The molecule has 0 unspecified atom stereocenters. The molecular weight excluding hydrogens is 288 g/mol. The molecule has 2 aromatic rings. The number of nitrogens with one attached hydrogen (secondary N) is 1. The zero-order valence-electron chi connectivity index (χ0n) is 11.9. The third-order valence-corrected chi connectivity index (χ3v) is 4.16. The first kappa shape index (κ1) is 14.0. The average Bonchev–Trinajstić information content (AvgIpc) is 3.12. The molecule has 0 fully saturated rings. The molecule has 0 saturated carbocycles. The number of aromatic nitrogens is 1. The fourth-order valence-corrected chi connectivity index (χ4v) is 2.80. The Morgan fingerprint density at radius 1 is 1.38 bits per heavy atom. The Morgan fingerprint density at radius 2 is 2.19 bits per heavy atom. The van der Waals surface area contributed by atoms with Gasteiger partial charge in [0, 0.05) is 17.8 Å². The SMILES string of the molecule is CC(C)NCC(=O)c1cnc(-c2ccc3c(c2)OCO3)s1. The first-order valence-electron chi connectivity index (χ1n) is 6.76. The monoisotopic (exact) mass is 304 g/mol. The van der Waals surface area contributed by atoms with Crippen molar-refractivity contribution >= 4 is 17.1 Å². The number of fused-ring (bicyclic) bond motifs is 1. The summed E-state index contributed by atoms with van der Waals surface area (Å²) in [5, 5.41) is 3.93. The first-order chi connectivity index (χ1) is 10.1. The van der Waals surface area contributed by atoms with E-state index >= 15 is 0 Å². The minimum atomic E-state index is 0.0631. The number of rotatable bonds is 5. The van der Waals surface area contributed by atoms with Gasteiger partial charge in [0.05, 0.1) is 11.4 Å². The second-order valence-electron chi connectivity index (χ2n) is 5.06. The highest BCUT2D eigenvalue weighted by molar-refractivity contribution is 7.17. The van der Waals surface area contributed by atoms with Crippen LogP contribution in [0.15, 0.2) is 24.4 Å². The van der Waals surface area contributed by atoms with Crippen LogP contribution in [-0.4, -0.2) is 30.1 Å². The van der Waals surface area contributed by atoms with Crippen molar-refractivity contribution in [3.8, 4) is 22.1 Å². The third-order valence-electron chi connectivity index (χ3n) is 3.07. The summed E-state index contributed by atoms with van der Waals surface area (Å²) in [6.07, 6.45) is 1.63. The maximum absolute atomic E-state index is 12.0. The lowest BCUT2D eigenvalue weighted by Crippen LogP contribution is -2.28. The van der Waals surface area contributed by atoms with Crippen LogP contribution in [0.2, 0.25) is 0 Å². The zero-order chi connectivity index (χ0) is 14.8. The minimum Gasteiger partial charge on any atom is -0.454 e. The van der Waals surface area contributed by atoms with Gasteiger partial charge in [-0.1, -0.05) is 13.8 Å². The van der Waals surface area contributed by atoms with Gasteiger partial charge in [-0.05, 0) is 18.2 Å². The summed E-state index contributed by atoms with van der Waals surface area (Å²) >= 11 is 1.39. The summed E-state index contributed by atoms with van der Waals surface area (Å²) in [7, 11) is 0. The highest BCUT2D eigenvalue weighted by Gasteiger charge is 2.16. The van der Waals surface area contributed by atoms with Crippen molar-refractivity contribution in [3.63, 3.8) is 0 Å². The molecule has 5 nitrogen and oxygen atoms in total. The number of carbonyl (C=O) groups excluding carboxylic acids is 1. The van der Waals surface area contributed by atoms with Crippen LogP contribution < -0.4 is 14.8 Å². The summed E-state index contributed by atoms with van der Waals surface area (Å²) in [6.45, 7) is 4.61. The van der Waals surface area contributed by atoms with Gasteiger partial charge in [0.1, 0.15) is 5.01 Å². The van der Waals surface area contributed by atoms with E-state index in [-0.39, 0.29) is 18.6 Å². The molecule has 1 N–H and O–H groups in total. The fraction of sp³-hybridized carbons (Fsp3) is 0.333. The molecule has 6 heteroatoms. The molecule has 0 spiro atoms. The largest absolute Gasteiger partial charge is 0.454 e. The van der Waals surface area contributed by atoms with E-state index in [1.54, 1.807) is 6.20 Å². The summed E-state index contributed by atoms with van der Waals surface area (Å²) in [4.78, 5) is 17.0. The molecule has 0 radical (unpaired) electrons. The molecule has 1 aliphatic rings. The van der Waals surface area contributed by atoms with Crippen molar-refractivity contribution in [2.24, 2.45) is 0 Å². The number of hydrogen-bond donors (Lipinski definition) is 1. The van der Waals surface area contributed by atoms with Crippen molar-refractivity contribution in [2.75, 3.05) is 13.3 Å². The van der Waals surface area contributed by atoms with Crippen LogP contribution in [-0.2, 0) is 0 Å². The number of thiazole rings is 1. The van der Waals surface area contributed by atoms with Gasteiger partial charge < -0.3 is 14.8 Å². The van der Waals surface area contributed by atoms with Crippen molar-refractivity contribution in [2.45, 2.75) is 19.9 Å². The second-order valence-corrected chi connectivity index (χ2v) is 6.09. The predicted molar refractivity (Wildman–Crippen MR) is 81.1 cm³/mol. The highest BCUT2D eigenvalue weighted by Crippen LogP contribution is 2.36. The average molecular weight is 304 g/mol. The summed E-state index contributed by atoms with van der Waals surface area (Å²) in [5.74, 6) is 1.53. The number of ether oxygens (including phenoxy) is 2. The standard InChI is InChI=1S/C15H16N2O3S/c1-9(2)16-6-11(18)14-7-17-15(21-14)10-3-4-12-13(5-10)20-8-19-12/h3-5,7,9,16H,6,8H2,1-2H3. The Labute approximate surface area is 126 Å². The maximum Gasteiger partial charge on any atom is 0.231 e. The van der Waals surface area contributed by atoms with Crippen LogP contribution in [0.25, 0.3) is 10.6 Å². The molecular formula is C15H16N2O3S. The van der Waals surface area contributed by atoms with Gasteiger partial charge >= 0.3 is 0 Å². The molecule has 21 heavy (non-hydrogen) atoms. The van der Waals surface area contributed by atoms with Gasteiger partial charge in [0.15, 0.2) is 17.3 Å². The minimum absolute atomic E-state index is 0.0631. The Balaban J connectivity index is 1.77. The quantitative estimate of drug-likeness (QED) is 0.861. The molecule has 0 aliphatic carbocycles. The fourth-order valence-electron chi connectivity index (χ4n) is 1.95. The number of Topliss-reactive ketones (excluding diaryl/α,β-unsaturated/α-hetero) is 1. The number of ketones is 1. The molecule has 0 amide bonds. The second kappa shape index (κ2) is 5.83.